The van der Waals surface area contributed by atoms with Gasteiger partial charge in [-0.15, -0.1) is 0 Å². The molecule has 17 heavy (non-hydrogen) atoms. The fourth-order valence-electron chi connectivity index (χ4n) is 1.83. The smallest absolute Gasteiger partial charge is 0.142 e. The summed E-state index contributed by atoms with van der Waals surface area (Å²) in [5.41, 5.74) is 1.01. The third-order valence-electron chi connectivity index (χ3n) is 2.92. The fourth-order valence-corrected chi connectivity index (χ4v) is 2.42. The molecule has 0 saturated heterocycles. The highest BCUT2D eigenvalue weighted by Crippen LogP contribution is 2.35. The van der Waals surface area contributed by atoms with Crippen molar-refractivity contribution in [2.75, 3.05) is 13.7 Å². The van der Waals surface area contributed by atoms with E-state index in [1.54, 1.807) is 6.07 Å². The second-order valence-corrected chi connectivity index (χ2v) is 5.33. The highest BCUT2D eigenvalue weighted by molar-refractivity contribution is 6.35. The Bertz CT molecular complexity index is 391. The summed E-state index contributed by atoms with van der Waals surface area (Å²) in [6.45, 7) is 1.45. The number of rotatable bonds is 6. The number of ether oxygens (including phenoxy) is 1. The van der Waals surface area contributed by atoms with Crippen molar-refractivity contribution in [2.45, 2.75) is 25.8 Å². The van der Waals surface area contributed by atoms with E-state index in [2.05, 4.69) is 5.32 Å². The van der Waals surface area contributed by atoms with E-state index in [9.17, 15) is 0 Å². The van der Waals surface area contributed by atoms with Crippen molar-refractivity contribution < 1.29 is 4.74 Å². The zero-order chi connectivity index (χ0) is 12.3. The van der Waals surface area contributed by atoms with E-state index in [1.165, 1.54) is 12.8 Å². The molecule has 1 aliphatic carbocycles. The maximum atomic E-state index is 6.16. The van der Waals surface area contributed by atoms with E-state index in [-0.39, 0.29) is 0 Å². The highest BCUT2D eigenvalue weighted by Gasteiger charge is 2.21. The molecule has 0 aliphatic heterocycles. The quantitative estimate of drug-likeness (QED) is 0.849. The number of halogens is 2. The van der Waals surface area contributed by atoms with E-state index in [0.29, 0.717) is 16.6 Å². The predicted molar refractivity (Wildman–Crippen MR) is 72.1 cm³/mol. The predicted octanol–water partition coefficient (Wildman–Crippen LogP) is 3.89. The molecule has 1 aromatic carbocycles. The standard InChI is InChI=1S/C13H17Cl2NO/c1-16-8-10-6-11(14)7-12(15)13(10)17-5-4-9-2-3-9/h6-7,9,16H,2-5,8H2,1H3. The molecule has 0 bridgehead atoms. The van der Waals surface area contributed by atoms with Crippen LogP contribution >= 0.6 is 23.2 Å². The summed E-state index contributed by atoms with van der Waals surface area (Å²) in [6.07, 6.45) is 3.82. The highest BCUT2D eigenvalue weighted by atomic mass is 35.5. The van der Waals surface area contributed by atoms with Crippen LogP contribution in [0, 0.1) is 5.92 Å². The van der Waals surface area contributed by atoms with Crippen LogP contribution < -0.4 is 10.1 Å². The molecule has 0 atom stereocenters. The lowest BCUT2D eigenvalue weighted by molar-refractivity contribution is 0.299. The largest absolute Gasteiger partial charge is 0.492 e. The zero-order valence-electron chi connectivity index (χ0n) is 9.93. The Morgan fingerprint density at radius 2 is 2.12 bits per heavy atom. The third-order valence-corrected chi connectivity index (χ3v) is 3.42. The van der Waals surface area contributed by atoms with Gasteiger partial charge in [0.05, 0.1) is 11.6 Å². The summed E-state index contributed by atoms with van der Waals surface area (Å²) in [5, 5.41) is 4.34. The SMILES string of the molecule is CNCc1cc(Cl)cc(Cl)c1OCCC1CC1. The van der Waals surface area contributed by atoms with Crippen LogP contribution in [-0.4, -0.2) is 13.7 Å². The molecule has 1 aliphatic rings. The molecular formula is C13H17Cl2NO. The molecule has 1 N–H and O–H groups in total. The Balaban J connectivity index is 2.05. The molecule has 2 rings (SSSR count). The zero-order valence-corrected chi connectivity index (χ0v) is 11.4. The van der Waals surface area contributed by atoms with E-state index >= 15 is 0 Å². The van der Waals surface area contributed by atoms with Gasteiger partial charge in [0.1, 0.15) is 5.75 Å². The number of nitrogens with one attached hydrogen (secondary N) is 1. The maximum Gasteiger partial charge on any atom is 0.142 e. The Labute approximate surface area is 112 Å². The third kappa shape index (κ3) is 3.77. The van der Waals surface area contributed by atoms with Crippen molar-refractivity contribution in [3.8, 4) is 5.75 Å². The lowest BCUT2D eigenvalue weighted by Gasteiger charge is -2.13. The van der Waals surface area contributed by atoms with Crippen molar-refractivity contribution in [1.82, 2.24) is 5.32 Å². The summed E-state index contributed by atoms with van der Waals surface area (Å²) < 4.78 is 5.80. The summed E-state index contributed by atoms with van der Waals surface area (Å²) in [5.74, 6) is 1.64. The van der Waals surface area contributed by atoms with Crippen molar-refractivity contribution in [1.29, 1.82) is 0 Å². The van der Waals surface area contributed by atoms with Gasteiger partial charge in [0, 0.05) is 17.1 Å². The molecule has 4 heteroatoms. The van der Waals surface area contributed by atoms with Gasteiger partial charge < -0.3 is 10.1 Å². The van der Waals surface area contributed by atoms with Crippen LogP contribution in [-0.2, 0) is 6.54 Å². The van der Waals surface area contributed by atoms with Gasteiger partial charge in [-0.05, 0) is 31.5 Å². The van der Waals surface area contributed by atoms with E-state index in [4.69, 9.17) is 27.9 Å². The Kier molecular flexibility index (Phi) is 4.55. The Hall–Kier alpha value is -0.440. The first kappa shape index (κ1) is 13.0. The minimum atomic E-state index is 0.596. The van der Waals surface area contributed by atoms with Gasteiger partial charge in [-0.3, -0.25) is 0 Å². The monoisotopic (exact) mass is 273 g/mol. The van der Waals surface area contributed by atoms with Gasteiger partial charge in [0.2, 0.25) is 0 Å². The van der Waals surface area contributed by atoms with Crippen LogP contribution in [0.1, 0.15) is 24.8 Å². The van der Waals surface area contributed by atoms with Crippen LogP contribution in [0.25, 0.3) is 0 Å². The summed E-state index contributed by atoms with van der Waals surface area (Å²) in [6, 6.07) is 3.63. The fraction of sp³-hybridized carbons (Fsp3) is 0.538. The second kappa shape index (κ2) is 5.94. The lowest BCUT2D eigenvalue weighted by atomic mass is 10.2. The van der Waals surface area contributed by atoms with Crippen LogP contribution in [0.3, 0.4) is 0 Å². The van der Waals surface area contributed by atoms with Gasteiger partial charge in [0.15, 0.2) is 0 Å². The molecule has 1 aromatic rings. The molecule has 0 radical (unpaired) electrons. The molecule has 1 fully saturated rings. The molecule has 94 valence electrons. The average molecular weight is 274 g/mol. The first-order chi connectivity index (χ1) is 8.20. The van der Waals surface area contributed by atoms with Crippen molar-refractivity contribution in [3.63, 3.8) is 0 Å². The topological polar surface area (TPSA) is 21.3 Å². The van der Waals surface area contributed by atoms with Gasteiger partial charge in [-0.25, -0.2) is 0 Å². The summed E-state index contributed by atoms with van der Waals surface area (Å²) in [7, 11) is 1.89. The van der Waals surface area contributed by atoms with Crippen molar-refractivity contribution in [3.05, 3.63) is 27.7 Å². The van der Waals surface area contributed by atoms with E-state index in [0.717, 1.165) is 30.3 Å². The molecule has 1 saturated carbocycles. The van der Waals surface area contributed by atoms with E-state index in [1.807, 2.05) is 13.1 Å². The minimum Gasteiger partial charge on any atom is -0.492 e. The molecule has 0 heterocycles. The van der Waals surface area contributed by atoms with Crippen LogP contribution in [0.15, 0.2) is 12.1 Å². The average Bonchev–Trinajstić information content (AvgIpc) is 3.06. The van der Waals surface area contributed by atoms with Gasteiger partial charge >= 0.3 is 0 Å². The molecule has 2 nitrogen and oxygen atoms in total. The van der Waals surface area contributed by atoms with Crippen LogP contribution in [0.5, 0.6) is 5.75 Å². The Morgan fingerprint density at radius 3 is 2.76 bits per heavy atom. The molecular weight excluding hydrogens is 257 g/mol. The molecule has 0 unspecified atom stereocenters. The van der Waals surface area contributed by atoms with E-state index < -0.39 is 0 Å². The number of hydrogen-bond acceptors (Lipinski definition) is 2. The molecule has 0 amide bonds. The number of benzene rings is 1. The number of hydrogen-bond donors (Lipinski definition) is 1. The van der Waals surface area contributed by atoms with Gasteiger partial charge in [-0.1, -0.05) is 36.0 Å². The molecule has 0 aromatic heterocycles. The second-order valence-electron chi connectivity index (χ2n) is 4.49. The lowest BCUT2D eigenvalue weighted by Crippen LogP contribution is -2.09. The van der Waals surface area contributed by atoms with Gasteiger partial charge in [-0.2, -0.15) is 0 Å². The molecule has 0 spiro atoms. The Morgan fingerprint density at radius 1 is 1.35 bits per heavy atom. The summed E-state index contributed by atoms with van der Waals surface area (Å²) in [4.78, 5) is 0. The van der Waals surface area contributed by atoms with Crippen LogP contribution in [0.2, 0.25) is 10.0 Å². The first-order valence-corrected chi connectivity index (χ1v) is 6.71. The first-order valence-electron chi connectivity index (χ1n) is 5.96. The summed E-state index contributed by atoms with van der Waals surface area (Å²) >= 11 is 12.1. The normalized spacial score (nSPS) is 15.0. The van der Waals surface area contributed by atoms with Crippen molar-refractivity contribution in [2.24, 2.45) is 5.92 Å². The van der Waals surface area contributed by atoms with Gasteiger partial charge in [0.25, 0.3) is 0 Å². The minimum absolute atomic E-state index is 0.596. The van der Waals surface area contributed by atoms with Crippen LogP contribution in [0.4, 0.5) is 0 Å². The maximum absolute atomic E-state index is 6.16. The van der Waals surface area contributed by atoms with Crippen molar-refractivity contribution >= 4 is 23.2 Å².